The van der Waals surface area contributed by atoms with Crippen molar-refractivity contribution in [2.75, 3.05) is 13.6 Å². The summed E-state index contributed by atoms with van der Waals surface area (Å²) in [5.74, 6) is 0.836. The Hall–Kier alpha value is -0.570. The van der Waals surface area contributed by atoms with E-state index in [0.717, 1.165) is 6.54 Å². The molecule has 3 heteroatoms. The second-order valence-corrected chi connectivity index (χ2v) is 6.49. The lowest BCUT2D eigenvalue weighted by Gasteiger charge is -2.41. The molecule has 3 atom stereocenters. The van der Waals surface area contributed by atoms with Crippen molar-refractivity contribution in [1.29, 1.82) is 0 Å². The van der Waals surface area contributed by atoms with Crippen LogP contribution in [-0.2, 0) is 4.79 Å². The summed E-state index contributed by atoms with van der Waals surface area (Å²) >= 11 is 0. The molecule has 2 fully saturated rings. The van der Waals surface area contributed by atoms with Crippen molar-refractivity contribution < 1.29 is 4.79 Å². The highest BCUT2D eigenvalue weighted by Gasteiger charge is 2.51. The van der Waals surface area contributed by atoms with Crippen LogP contribution in [0.4, 0.5) is 0 Å². The van der Waals surface area contributed by atoms with Gasteiger partial charge >= 0.3 is 0 Å². The summed E-state index contributed by atoms with van der Waals surface area (Å²) in [7, 11) is 1.96. The van der Waals surface area contributed by atoms with Crippen LogP contribution >= 0.6 is 0 Å². The fourth-order valence-corrected chi connectivity index (χ4v) is 3.51. The van der Waals surface area contributed by atoms with Gasteiger partial charge in [-0.3, -0.25) is 9.69 Å². The molecule has 0 aliphatic carbocycles. The van der Waals surface area contributed by atoms with Gasteiger partial charge in [0.25, 0.3) is 0 Å². The van der Waals surface area contributed by atoms with E-state index < -0.39 is 0 Å². The summed E-state index contributed by atoms with van der Waals surface area (Å²) in [4.78, 5) is 16.7. The predicted octanol–water partition coefficient (Wildman–Crippen LogP) is 1.93. The van der Waals surface area contributed by atoms with E-state index in [0.29, 0.717) is 11.8 Å². The molecule has 92 valence electrons. The predicted molar refractivity (Wildman–Crippen MR) is 64.9 cm³/mol. The monoisotopic (exact) mass is 224 g/mol. The third-order valence-corrected chi connectivity index (χ3v) is 4.03. The van der Waals surface area contributed by atoms with E-state index in [1.807, 2.05) is 11.9 Å². The number of hydrogen-bond acceptors (Lipinski definition) is 2. The Morgan fingerprint density at radius 1 is 1.31 bits per heavy atom. The number of rotatable bonds is 0. The van der Waals surface area contributed by atoms with Gasteiger partial charge in [0.15, 0.2) is 0 Å². The molecular weight excluding hydrogens is 200 g/mol. The normalized spacial score (nSPS) is 36.7. The van der Waals surface area contributed by atoms with Gasteiger partial charge in [0.2, 0.25) is 5.91 Å². The molecule has 2 aliphatic heterocycles. The molecule has 2 saturated heterocycles. The quantitative estimate of drug-likeness (QED) is 0.628. The van der Waals surface area contributed by atoms with Crippen molar-refractivity contribution in [3.63, 3.8) is 0 Å². The Kier molecular flexibility index (Phi) is 2.77. The largest absolute Gasteiger partial charge is 0.328 e. The molecule has 0 radical (unpaired) electrons. The van der Waals surface area contributed by atoms with Crippen molar-refractivity contribution in [2.24, 2.45) is 11.3 Å². The highest BCUT2D eigenvalue weighted by Crippen LogP contribution is 2.39. The van der Waals surface area contributed by atoms with Crippen molar-refractivity contribution in [3.8, 4) is 0 Å². The van der Waals surface area contributed by atoms with Crippen molar-refractivity contribution in [1.82, 2.24) is 9.80 Å². The maximum absolute atomic E-state index is 12.3. The highest BCUT2D eigenvalue weighted by atomic mass is 16.2. The lowest BCUT2D eigenvalue weighted by molar-refractivity contribution is -0.130. The summed E-state index contributed by atoms with van der Waals surface area (Å²) in [6.45, 7) is 9.97. The zero-order valence-corrected chi connectivity index (χ0v) is 11.2. The molecule has 2 rings (SSSR count). The lowest BCUT2D eigenvalue weighted by Crippen LogP contribution is -2.51. The van der Waals surface area contributed by atoms with Gasteiger partial charge in [-0.05, 0) is 24.2 Å². The van der Waals surface area contributed by atoms with Gasteiger partial charge in [0.1, 0.15) is 0 Å². The van der Waals surface area contributed by atoms with E-state index in [1.165, 1.54) is 12.8 Å². The Morgan fingerprint density at radius 2 is 1.94 bits per heavy atom. The number of carbonyl (C=O) groups excluding carboxylic acids is 1. The number of piperidine rings is 1. The van der Waals surface area contributed by atoms with E-state index in [4.69, 9.17) is 0 Å². The molecule has 2 aliphatic rings. The van der Waals surface area contributed by atoms with Gasteiger partial charge in [-0.15, -0.1) is 0 Å². The van der Waals surface area contributed by atoms with Crippen LogP contribution in [0.15, 0.2) is 0 Å². The third kappa shape index (κ3) is 1.65. The zero-order chi connectivity index (χ0) is 12.1. The van der Waals surface area contributed by atoms with Crippen LogP contribution in [0.2, 0.25) is 0 Å². The maximum Gasteiger partial charge on any atom is 0.241 e. The second-order valence-electron chi connectivity index (χ2n) is 6.49. The van der Waals surface area contributed by atoms with E-state index in [9.17, 15) is 4.79 Å². The Bertz CT molecular complexity index is 295. The van der Waals surface area contributed by atoms with Gasteiger partial charge < -0.3 is 4.90 Å². The van der Waals surface area contributed by atoms with E-state index in [-0.39, 0.29) is 17.6 Å². The average molecular weight is 224 g/mol. The van der Waals surface area contributed by atoms with Gasteiger partial charge in [-0.25, -0.2) is 0 Å². The molecule has 0 bridgehead atoms. The standard InChI is InChI=1S/C13H24N2O/c1-9-7-6-8-15-10(9)11(16)14(5)12(15)13(2,3)4/h9-10,12H,6-8H2,1-5H3/t9?,10-,12+/m1/s1. The minimum atomic E-state index is 0.135. The van der Waals surface area contributed by atoms with Gasteiger partial charge in [0.05, 0.1) is 12.2 Å². The topological polar surface area (TPSA) is 23.6 Å². The fourth-order valence-electron chi connectivity index (χ4n) is 3.51. The summed E-state index contributed by atoms with van der Waals surface area (Å²) in [5.41, 5.74) is 0.135. The number of amides is 1. The van der Waals surface area contributed by atoms with Crippen LogP contribution in [-0.4, -0.2) is 41.5 Å². The third-order valence-electron chi connectivity index (χ3n) is 4.03. The van der Waals surface area contributed by atoms with Crippen molar-refractivity contribution in [3.05, 3.63) is 0 Å². The minimum Gasteiger partial charge on any atom is -0.328 e. The molecule has 0 aromatic heterocycles. The number of nitrogens with zero attached hydrogens (tertiary/aromatic N) is 2. The Labute approximate surface area is 98.8 Å². The minimum absolute atomic E-state index is 0.135. The number of likely N-dealkylation sites (N-methyl/N-ethyl adjacent to an activating group) is 1. The highest BCUT2D eigenvalue weighted by molar-refractivity contribution is 5.84. The fraction of sp³-hybridized carbons (Fsp3) is 0.923. The zero-order valence-electron chi connectivity index (χ0n) is 11.2. The molecular formula is C13H24N2O. The molecule has 0 aromatic rings. The molecule has 1 unspecified atom stereocenters. The summed E-state index contributed by atoms with van der Waals surface area (Å²) in [6, 6.07) is 0.142. The van der Waals surface area contributed by atoms with Crippen LogP contribution in [0, 0.1) is 11.3 Å². The Morgan fingerprint density at radius 3 is 2.50 bits per heavy atom. The van der Waals surface area contributed by atoms with Crippen LogP contribution in [0.1, 0.15) is 40.5 Å². The molecule has 3 nitrogen and oxygen atoms in total. The molecule has 16 heavy (non-hydrogen) atoms. The molecule has 0 spiro atoms. The maximum atomic E-state index is 12.3. The molecule has 0 aromatic carbocycles. The van der Waals surface area contributed by atoms with Crippen LogP contribution in [0.3, 0.4) is 0 Å². The first-order valence-electron chi connectivity index (χ1n) is 6.36. The first kappa shape index (κ1) is 11.9. The van der Waals surface area contributed by atoms with Crippen LogP contribution in [0.5, 0.6) is 0 Å². The average Bonchev–Trinajstić information content (AvgIpc) is 2.39. The Balaban J connectivity index is 2.32. The van der Waals surface area contributed by atoms with Gasteiger partial charge in [-0.2, -0.15) is 0 Å². The summed E-state index contributed by atoms with van der Waals surface area (Å²) in [5, 5.41) is 0. The number of fused-ring (bicyclic) bond motifs is 1. The molecule has 2 heterocycles. The first-order chi connectivity index (χ1) is 7.34. The van der Waals surface area contributed by atoms with E-state index >= 15 is 0 Å². The van der Waals surface area contributed by atoms with Gasteiger partial charge in [-0.1, -0.05) is 27.7 Å². The molecule has 0 saturated carbocycles. The molecule has 0 N–H and O–H groups in total. The van der Waals surface area contributed by atoms with E-state index in [2.05, 4.69) is 32.6 Å². The van der Waals surface area contributed by atoms with Crippen LogP contribution in [0.25, 0.3) is 0 Å². The molecule has 1 amide bonds. The van der Waals surface area contributed by atoms with Crippen molar-refractivity contribution in [2.45, 2.75) is 52.7 Å². The summed E-state index contributed by atoms with van der Waals surface area (Å²) in [6.07, 6.45) is 2.69. The number of carbonyl (C=O) groups is 1. The van der Waals surface area contributed by atoms with Crippen molar-refractivity contribution >= 4 is 5.91 Å². The smallest absolute Gasteiger partial charge is 0.241 e. The lowest BCUT2D eigenvalue weighted by atomic mass is 9.87. The summed E-state index contributed by atoms with van der Waals surface area (Å²) < 4.78 is 0. The number of hydrogen-bond donors (Lipinski definition) is 0. The van der Waals surface area contributed by atoms with Gasteiger partial charge in [0, 0.05) is 13.6 Å². The second kappa shape index (κ2) is 3.73. The SMILES string of the molecule is CC1CCCN2[C@H]1C(=O)N(C)[C@@H]2C(C)(C)C. The van der Waals surface area contributed by atoms with E-state index in [1.54, 1.807) is 0 Å². The first-order valence-corrected chi connectivity index (χ1v) is 6.36. The van der Waals surface area contributed by atoms with Crippen LogP contribution < -0.4 is 0 Å².